The summed E-state index contributed by atoms with van der Waals surface area (Å²) in [5.41, 5.74) is 19.4. The van der Waals surface area contributed by atoms with E-state index in [2.05, 4.69) is 57.2 Å². The molecule has 352 valence electrons. The molecule has 4 aromatic rings. The van der Waals surface area contributed by atoms with Crippen molar-refractivity contribution in [2.45, 2.75) is 101 Å². The van der Waals surface area contributed by atoms with E-state index in [-0.39, 0.29) is 57.6 Å². The molecule has 22 heteroatoms. The molecular weight excluding hydrogens is 853 g/mol. The molecule has 5 rings (SSSR count). The van der Waals surface area contributed by atoms with Crippen LogP contribution in [0.1, 0.15) is 62.3 Å². The average Bonchev–Trinajstić information content (AvgIpc) is 3.95. The van der Waals surface area contributed by atoms with E-state index in [1.807, 2.05) is 24.3 Å². The number of guanidine groups is 1. The largest absolute Gasteiger partial charge is 0.370 e. The van der Waals surface area contributed by atoms with Gasteiger partial charge in [-0.1, -0.05) is 48.5 Å². The average molecular weight is 911 g/mol. The van der Waals surface area contributed by atoms with Gasteiger partial charge in [-0.25, -0.2) is 4.98 Å². The number of carbonyl (C=O) groups is 8. The smallest absolute Gasteiger partial charge is 0.243 e. The molecule has 0 saturated carbocycles. The monoisotopic (exact) mass is 910 g/mol. The Kier molecular flexibility index (Phi) is 18.2. The SMILES string of the molecule is CC(=O)NC1CC(=O)NCCCC[C@@H](C(N)=O)NC(=O)[C@H](Cc2c[nH]c3ccccc23)NC(=O)[C@H](CCCN=C(N)N)NC(=O)[C@@H](Cc2ccccc2)NC(=O)C(Cc2cnc[nH]2)NC1=O. The van der Waals surface area contributed by atoms with Crippen molar-refractivity contribution in [1.29, 1.82) is 0 Å². The summed E-state index contributed by atoms with van der Waals surface area (Å²) >= 11 is 0. The maximum Gasteiger partial charge on any atom is 0.243 e. The van der Waals surface area contributed by atoms with Crippen LogP contribution < -0.4 is 54.4 Å². The van der Waals surface area contributed by atoms with Gasteiger partial charge in [-0.2, -0.15) is 0 Å². The van der Waals surface area contributed by atoms with E-state index in [1.54, 1.807) is 36.5 Å². The van der Waals surface area contributed by atoms with Crippen LogP contribution in [0.15, 0.2) is 78.3 Å². The highest BCUT2D eigenvalue weighted by Crippen LogP contribution is 2.20. The molecule has 2 unspecified atom stereocenters. The van der Waals surface area contributed by atoms with Crippen LogP contribution in [-0.4, -0.2) is 118 Å². The van der Waals surface area contributed by atoms with Crippen LogP contribution in [0.2, 0.25) is 0 Å². The highest BCUT2D eigenvalue weighted by Gasteiger charge is 2.34. The van der Waals surface area contributed by atoms with Crippen molar-refractivity contribution in [3.05, 3.63) is 90.1 Å². The van der Waals surface area contributed by atoms with E-state index in [4.69, 9.17) is 17.2 Å². The number of aliphatic imine (C=N–C) groups is 1. The molecule has 8 amide bonds. The lowest BCUT2D eigenvalue weighted by Gasteiger charge is -2.27. The highest BCUT2D eigenvalue weighted by atomic mass is 16.2. The Morgan fingerprint density at radius 2 is 1.38 bits per heavy atom. The molecule has 1 fully saturated rings. The number of nitrogens with zero attached hydrogens (tertiary/aromatic N) is 2. The second kappa shape index (κ2) is 24.3. The number of rotatable bonds is 12. The number of imidazole rings is 1. The predicted molar refractivity (Wildman–Crippen MR) is 242 cm³/mol. The second-order valence-electron chi connectivity index (χ2n) is 16.0. The molecule has 0 spiro atoms. The van der Waals surface area contributed by atoms with Crippen LogP contribution in [0.25, 0.3) is 10.9 Å². The van der Waals surface area contributed by atoms with Crippen LogP contribution in [-0.2, 0) is 57.6 Å². The van der Waals surface area contributed by atoms with Gasteiger partial charge in [0.1, 0.15) is 36.3 Å². The van der Waals surface area contributed by atoms with Crippen molar-refractivity contribution in [3.63, 3.8) is 0 Å². The number of nitrogens with two attached hydrogens (primary N) is 3. The van der Waals surface area contributed by atoms with Crippen molar-refractivity contribution in [2.75, 3.05) is 13.1 Å². The van der Waals surface area contributed by atoms with Crippen molar-refractivity contribution in [3.8, 4) is 0 Å². The van der Waals surface area contributed by atoms with Gasteiger partial charge in [-0.15, -0.1) is 0 Å². The zero-order valence-electron chi connectivity index (χ0n) is 36.6. The minimum Gasteiger partial charge on any atom is -0.370 e. The summed E-state index contributed by atoms with van der Waals surface area (Å²) in [7, 11) is 0. The first-order valence-electron chi connectivity index (χ1n) is 21.6. The number of nitrogens with one attached hydrogen (secondary N) is 9. The number of aromatic nitrogens is 3. The molecule has 6 atom stereocenters. The molecule has 1 saturated heterocycles. The fourth-order valence-corrected chi connectivity index (χ4v) is 7.45. The van der Waals surface area contributed by atoms with Crippen molar-refractivity contribution >= 4 is 64.1 Å². The number of para-hydroxylation sites is 1. The third kappa shape index (κ3) is 15.2. The summed E-state index contributed by atoms with van der Waals surface area (Å²) in [6.07, 6.45) is 4.67. The number of benzene rings is 2. The van der Waals surface area contributed by atoms with Gasteiger partial charge in [0, 0.05) is 68.3 Å². The molecule has 15 N–H and O–H groups in total. The minimum absolute atomic E-state index is 0.0263. The van der Waals surface area contributed by atoms with Crippen molar-refractivity contribution < 1.29 is 38.4 Å². The highest BCUT2D eigenvalue weighted by molar-refractivity contribution is 5.98. The molecule has 3 heterocycles. The molecule has 1 aliphatic rings. The lowest BCUT2D eigenvalue weighted by molar-refractivity contribution is -0.135. The Morgan fingerprint density at radius 3 is 2.06 bits per heavy atom. The van der Waals surface area contributed by atoms with Gasteiger partial charge >= 0.3 is 0 Å². The number of hydrogen-bond acceptors (Lipinski definition) is 10. The summed E-state index contributed by atoms with van der Waals surface area (Å²) in [4.78, 5) is 123. The van der Waals surface area contributed by atoms with E-state index in [9.17, 15) is 38.4 Å². The van der Waals surface area contributed by atoms with Gasteiger partial charge in [0.25, 0.3) is 0 Å². The normalized spacial score (nSPS) is 22.1. The molecule has 0 radical (unpaired) electrons. The third-order valence-corrected chi connectivity index (χ3v) is 10.8. The number of amides is 8. The topological polar surface area (TPSA) is 356 Å². The number of hydrogen-bond donors (Lipinski definition) is 12. The summed E-state index contributed by atoms with van der Waals surface area (Å²) in [6.45, 7) is 1.36. The standard InChI is InChI=1S/C44H58N14O8/c1-25(59)53-36-21-37(60)49-16-8-7-14-31(38(45)61)54-41(64)34(19-27-22-51-30-13-6-5-12-29(27)30)57-39(62)32(15-9-17-50-44(46)47)55-40(63)33(18-26-10-3-2-4-11-26)56-42(65)35(58-43(36)66)20-28-23-48-24-52-28/h2-6,10-13,22-24,31-36,51H,7-9,14-21H2,1H3,(H2,45,61)(H,48,52)(H,49,60)(H,53,59)(H,54,64)(H,55,63)(H,56,65)(H,57,62)(H,58,66)(H4,46,47,50)/t31-,32-,33+,34-,35?,36?/m0/s1. The number of H-pyrrole nitrogens is 2. The first kappa shape index (κ1) is 49.2. The summed E-state index contributed by atoms with van der Waals surface area (Å²) in [5, 5.41) is 19.5. The van der Waals surface area contributed by atoms with Crippen LogP contribution in [0.3, 0.4) is 0 Å². The first-order chi connectivity index (χ1) is 31.7. The van der Waals surface area contributed by atoms with E-state index in [1.165, 1.54) is 19.4 Å². The maximum atomic E-state index is 14.5. The number of fused-ring (bicyclic) bond motifs is 1. The fourth-order valence-electron chi connectivity index (χ4n) is 7.45. The Labute approximate surface area is 380 Å². The molecule has 1 aliphatic heterocycles. The van der Waals surface area contributed by atoms with Gasteiger partial charge < -0.3 is 64.4 Å². The van der Waals surface area contributed by atoms with Gasteiger partial charge in [-0.3, -0.25) is 43.3 Å². The molecule has 22 nitrogen and oxygen atoms in total. The van der Waals surface area contributed by atoms with E-state index in [0.29, 0.717) is 29.7 Å². The van der Waals surface area contributed by atoms with Crippen LogP contribution >= 0.6 is 0 Å². The lowest BCUT2D eigenvalue weighted by atomic mass is 10.0. The third-order valence-electron chi connectivity index (χ3n) is 10.8. The van der Waals surface area contributed by atoms with E-state index >= 15 is 0 Å². The van der Waals surface area contributed by atoms with Gasteiger partial charge in [0.15, 0.2) is 5.96 Å². The van der Waals surface area contributed by atoms with Crippen LogP contribution in [0.4, 0.5) is 0 Å². The Bertz CT molecular complexity index is 2350. The first-order valence-corrected chi connectivity index (χ1v) is 21.6. The predicted octanol–water partition coefficient (Wildman–Crippen LogP) is -1.92. The summed E-state index contributed by atoms with van der Waals surface area (Å²) in [5.74, 6) is -6.19. The number of primary amides is 1. The molecule has 66 heavy (non-hydrogen) atoms. The summed E-state index contributed by atoms with van der Waals surface area (Å²) < 4.78 is 0. The quantitative estimate of drug-likeness (QED) is 0.0422. The minimum atomic E-state index is -1.41. The molecule has 2 aromatic heterocycles. The maximum absolute atomic E-state index is 14.5. The molecular formula is C44H58N14O8. The second-order valence-corrected chi connectivity index (χ2v) is 16.0. The zero-order valence-corrected chi connectivity index (χ0v) is 36.6. The van der Waals surface area contributed by atoms with Gasteiger partial charge in [-0.05, 0) is 49.3 Å². The number of carbonyl (C=O) groups excluding carboxylic acids is 8. The van der Waals surface area contributed by atoms with Crippen LogP contribution in [0.5, 0.6) is 0 Å². The van der Waals surface area contributed by atoms with Crippen LogP contribution in [0, 0.1) is 0 Å². The fraction of sp³-hybridized carbons (Fsp3) is 0.409. The van der Waals surface area contributed by atoms with E-state index < -0.39 is 89.9 Å². The lowest BCUT2D eigenvalue weighted by Crippen LogP contribution is -2.60. The molecule has 0 aliphatic carbocycles. The Balaban J connectivity index is 1.53. The Hall–Kier alpha value is -7.78. The molecule has 0 bridgehead atoms. The Morgan fingerprint density at radius 1 is 0.742 bits per heavy atom. The molecule has 2 aromatic carbocycles. The van der Waals surface area contributed by atoms with E-state index in [0.717, 1.165) is 10.9 Å². The zero-order chi connectivity index (χ0) is 47.6. The number of aromatic amines is 2. The van der Waals surface area contributed by atoms with Crippen molar-refractivity contribution in [1.82, 2.24) is 52.2 Å². The van der Waals surface area contributed by atoms with Crippen molar-refractivity contribution in [2.24, 2.45) is 22.2 Å². The van der Waals surface area contributed by atoms with Gasteiger partial charge in [0.2, 0.25) is 47.3 Å². The summed E-state index contributed by atoms with van der Waals surface area (Å²) in [6, 6.07) is 8.19. The van der Waals surface area contributed by atoms with Gasteiger partial charge in [0.05, 0.1) is 12.7 Å².